The van der Waals surface area contributed by atoms with Crippen LogP contribution in [0.1, 0.15) is 21.6 Å². The second kappa shape index (κ2) is 7.43. The Labute approximate surface area is 152 Å². The molecule has 1 fully saturated rings. The van der Waals surface area contributed by atoms with Gasteiger partial charge in [0.15, 0.2) is 0 Å². The lowest BCUT2D eigenvalue weighted by atomic mass is 9.93. The van der Waals surface area contributed by atoms with Crippen molar-refractivity contribution in [1.29, 1.82) is 0 Å². The molecule has 26 heavy (non-hydrogen) atoms. The van der Waals surface area contributed by atoms with E-state index in [2.05, 4.69) is 0 Å². The minimum absolute atomic E-state index is 0.145. The lowest BCUT2D eigenvalue weighted by Crippen LogP contribution is -2.57. The highest BCUT2D eigenvalue weighted by Crippen LogP contribution is 2.24. The Morgan fingerprint density at radius 2 is 1.96 bits per heavy atom. The van der Waals surface area contributed by atoms with Crippen molar-refractivity contribution < 1.29 is 14.6 Å². The van der Waals surface area contributed by atoms with Gasteiger partial charge < -0.3 is 19.3 Å². The zero-order valence-corrected chi connectivity index (χ0v) is 15.1. The first kappa shape index (κ1) is 18.4. The van der Waals surface area contributed by atoms with Crippen molar-refractivity contribution in [3.63, 3.8) is 0 Å². The molecule has 3 rings (SSSR count). The number of nitrogens with zero attached hydrogens (tertiary/aromatic N) is 2. The number of pyridine rings is 1. The number of rotatable bonds is 4. The van der Waals surface area contributed by atoms with Gasteiger partial charge in [0.05, 0.1) is 19.8 Å². The number of amides is 1. The van der Waals surface area contributed by atoms with E-state index < -0.39 is 5.60 Å². The quantitative estimate of drug-likeness (QED) is 0.892. The van der Waals surface area contributed by atoms with Gasteiger partial charge in [-0.15, -0.1) is 0 Å². The van der Waals surface area contributed by atoms with Gasteiger partial charge >= 0.3 is 0 Å². The normalized spacial score (nSPS) is 20.2. The van der Waals surface area contributed by atoms with Gasteiger partial charge in [0.1, 0.15) is 11.2 Å². The number of ether oxygens (including phenoxy) is 1. The molecule has 1 saturated heterocycles. The molecule has 2 heterocycles. The third-order valence-electron chi connectivity index (χ3n) is 4.98. The van der Waals surface area contributed by atoms with Crippen LogP contribution in [0.25, 0.3) is 0 Å². The number of benzene rings is 1. The average Bonchev–Trinajstić information content (AvgIpc) is 2.67. The average molecular weight is 356 g/mol. The first-order chi connectivity index (χ1) is 12.5. The summed E-state index contributed by atoms with van der Waals surface area (Å²) in [5.74, 6) is -0.320. The molecule has 0 saturated carbocycles. The van der Waals surface area contributed by atoms with Gasteiger partial charge in [0.25, 0.3) is 11.5 Å². The maximum absolute atomic E-state index is 12.9. The highest BCUT2D eigenvalue weighted by molar-refractivity contribution is 5.94. The molecule has 6 nitrogen and oxygen atoms in total. The van der Waals surface area contributed by atoms with Gasteiger partial charge in [-0.3, -0.25) is 9.59 Å². The van der Waals surface area contributed by atoms with Crippen molar-refractivity contribution in [3.05, 3.63) is 69.6 Å². The number of aliphatic hydroxyl groups excluding tert-OH is 1. The summed E-state index contributed by atoms with van der Waals surface area (Å²) in [6.07, 6.45) is 0.500. The van der Waals surface area contributed by atoms with Crippen molar-refractivity contribution in [1.82, 2.24) is 9.47 Å². The van der Waals surface area contributed by atoms with E-state index in [1.165, 1.54) is 4.57 Å². The van der Waals surface area contributed by atoms with Crippen LogP contribution in [0.15, 0.2) is 47.3 Å². The van der Waals surface area contributed by atoms with Gasteiger partial charge in [-0.25, -0.2) is 0 Å². The Balaban J connectivity index is 1.84. The molecule has 1 N–H and O–H groups in total. The molecule has 1 aliphatic rings. The summed E-state index contributed by atoms with van der Waals surface area (Å²) in [5, 5.41) is 9.98. The number of hydrogen-bond donors (Lipinski definition) is 1. The summed E-state index contributed by atoms with van der Waals surface area (Å²) in [6.45, 7) is 2.59. The zero-order chi connectivity index (χ0) is 18.7. The largest absolute Gasteiger partial charge is 0.393 e. The molecule has 2 aromatic rings. The monoisotopic (exact) mass is 356 g/mol. The maximum atomic E-state index is 12.9. The van der Waals surface area contributed by atoms with E-state index in [-0.39, 0.29) is 30.2 Å². The molecule has 1 atom stereocenters. The van der Waals surface area contributed by atoms with E-state index >= 15 is 0 Å². The van der Waals surface area contributed by atoms with E-state index in [0.717, 1.165) is 11.3 Å². The molecular weight excluding hydrogens is 332 g/mol. The van der Waals surface area contributed by atoms with Crippen LogP contribution < -0.4 is 5.56 Å². The van der Waals surface area contributed by atoms with Crippen LogP contribution >= 0.6 is 0 Å². The van der Waals surface area contributed by atoms with E-state index in [1.807, 2.05) is 37.3 Å². The van der Waals surface area contributed by atoms with Crippen molar-refractivity contribution in [2.75, 3.05) is 26.3 Å². The van der Waals surface area contributed by atoms with Crippen LogP contribution in [0, 0.1) is 6.92 Å². The summed E-state index contributed by atoms with van der Waals surface area (Å²) in [5.41, 5.74) is 0.806. The SMILES string of the molecule is Cc1ccc(C(=O)N2CCOC(CO)(Cc3ccccc3)C2)c(=O)n1C. The molecule has 6 heteroatoms. The molecule has 1 aliphatic heterocycles. The fraction of sp³-hybridized carbons (Fsp3) is 0.400. The van der Waals surface area contributed by atoms with Gasteiger partial charge in [-0.05, 0) is 24.6 Å². The first-order valence-corrected chi connectivity index (χ1v) is 8.70. The smallest absolute Gasteiger partial charge is 0.263 e. The maximum Gasteiger partial charge on any atom is 0.263 e. The third-order valence-corrected chi connectivity index (χ3v) is 4.98. The predicted molar refractivity (Wildman–Crippen MR) is 98.2 cm³/mol. The Kier molecular flexibility index (Phi) is 5.25. The van der Waals surface area contributed by atoms with Crippen LogP contribution in [-0.4, -0.2) is 52.4 Å². The summed E-state index contributed by atoms with van der Waals surface area (Å²) in [6, 6.07) is 13.1. The number of hydrogen-bond acceptors (Lipinski definition) is 4. The molecule has 1 unspecified atom stereocenters. The molecule has 1 aromatic heterocycles. The molecule has 0 aliphatic carbocycles. The van der Waals surface area contributed by atoms with Gasteiger partial charge in [-0.1, -0.05) is 30.3 Å². The highest BCUT2D eigenvalue weighted by atomic mass is 16.5. The molecule has 1 amide bonds. The molecule has 0 radical (unpaired) electrons. The number of aryl methyl sites for hydroxylation is 1. The van der Waals surface area contributed by atoms with E-state index in [1.54, 1.807) is 24.1 Å². The Morgan fingerprint density at radius 3 is 2.65 bits per heavy atom. The number of aromatic nitrogens is 1. The third kappa shape index (κ3) is 3.57. The molecule has 138 valence electrons. The molecule has 0 spiro atoms. The first-order valence-electron chi connectivity index (χ1n) is 8.70. The second-order valence-corrected chi connectivity index (χ2v) is 6.83. The fourth-order valence-corrected chi connectivity index (χ4v) is 3.31. The van der Waals surface area contributed by atoms with Crippen molar-refractivity contribution in [3.8, 4) is 0 Å². The summed E-state index contributed by atoms with van der Waals surface area (Å²) in [7, 11) is 1.65. The Morgan fingerprint density at radius 1 is 1.23 bits per heavy atom. The van der Waals surface area contributed by atoms with Crippen LogP contribution in [0.4, 0.5) is 0 Å². The summed E-state index contributed by atoms with van der Waals surface area (Å²) < 4.78 is 7.35. The topological polar surface area (TPSA) is 71.8 Å². The lowest BCUT2D eigenvalue weighted by molar-refractivity contribution is -0.123. The van der Waals surface area contributed by atoms with E-state index in [9.17, 15) is 14.7 Å². The molecular formula is C20H24N2O4. The Hall–Kier alpha value is -2.44. The van der Waals surface area contributed by atoms with Crippen molar-refractivity contribution >= 4 is 5.91 Å². The minimum atomic E-state index is -0.856. The number of morpholine rings is 1. The standard InChI is InChI=1S/C20H24N2O4/c1-15-8-9-17(18(24)21(15)2)19(25)22-10-11-26-20(13-22,14-23)12-16-6-4-3-5-7-16/h3-9,23H,10-14H2,1-2H3. The second-order valence-electron chi connectivity index (χ2n) is 6.83. The fourth-order valence-electron chi connectivity index (χ4n) is 3.31. The lowest BCUT2D eigenvalue weighted by Gasteiger charge is -2.41. The van der Waals surface area contributed by atoms with E-state index in [0.29, 0.717) is 19.6 Å². The van der Waals surface area contributed by atoms with Crippen LogP contribution in [0.3, 0.4) is 0 Å². The summed E-state index contributed by atoms with van der Waals surface area (Å²) in [4.78, 5) is 27.0. The Bertz CT molecular complexity index is 847. The number of carbonyl (C=O) groups is 1. The van der Waals surface area contributed by atoms with Gasteiger partial charge in [0.2, 0.25) is 0 Å². The van der Waals surface area contributed by atoms with Gasteiger partial charge in [-0.2, -0.15) is 0 Å². The van der Waals surface area contributed by atoms with Crippen LogP contribution in [0.2, 0.25) is 0 Å². The molecule has 1 aromatic carbocycles. The zero-order valence-electron chi connectivity index (χ0n) is 15.1. The summed E-state index contributed by atoms with van der Waals surface area (Å²) >= 11 is 0. The van der Waals surface area contributed by atoms with Crippen LogP contribution in [-0.2, 0) is 18.2 Å². The minimum Gasteiger partial charge on any atom is -0.393 e. The van der Waals surface area contributed by atoms with Crippen molar-refractivity contribution in [2.24, 2.45) is 7.05 Å². The number of aliphatic hydroxyl groups is 1. The van der Waals surface area contributed by atoms with Crippen LogP contribution in [0.5, 0.6) is 0 Å². The van der Waals surface area contributed by atoms with Gasteiger partial charge in [0, 0.05) is 25.7 Å². The predicted octanol–water partition coefficient (Wildman–Crippen LogP) is 1.14. The highest BCUT2D eigenvalue weighted by Gasteiger charge is 2.38. The van der Waals surface area contributed by atoms with E-state index in [4.69, 9.17) is 4.74 Å². The number of carbonyl (C=O) groups excluding carboxylic acids is 1. The molecule has 0 bridgehead atoms. The van der Waals surface area contributed by atoms with Crippen molar-refractivity contribution in [2.45, 2.75) is 18.9 Å².